The van der Waals surface area contributed by atoms with E-state index >= 15 is 0 Å². The highest BCUT2D eigenvalue weighted by molar-refractivity contribution is 5.70. The van der Waals surface area contributed by atoms with Crippen molar-refractivity contribution in [2.45, 2.75) is 19.3 Å². The van der Waals surface area contributed by atoms with E-state index in [-0.39, 0.29) is 0 Å². The van der Waals surface area contributed by atoms with Crippen molar-refractivity contribution < 1.29 is 0 Å². The molecule has 1 aliphatic rings. The Morgan fingerprint density at radius 2 is 2.10 bits per heavy atom. The molecule has 4 heteroatoms. The molecule has 0 radical (unpaired) electrons. The molecule has 20 heavy (non-hydrogen) atoms. The number of para-hydroxylation sites is 1. The summed E-state index contributed by atoms with van der Waals surface area (Å²) in [7, 11) is 0. The Hall–Kier alpha value is -2.54. The van der Waals surface area contributed by atoms with Crippen LogP contribution in [0.15, 0.2) is 36.5 Å². The molecule has 0 unspecified atom stereocenters. The van der Waals surface area contributed by atoms with E-state index in [9.17, 15) is 5.26 Å². The fourth-order valence-corrected chi connectivity index (χ4v) is 2.68. The van der Waals surface area contributed by atoms with Crippen molar-refractivity contribution in [3.63, 3.8) is 0 Å². The van der Waals surface area contributed by atoms with E-state index in [1.165, 1.54) is 5.56 Å². The quantitative estimate of drug-likeness (QED) is 0.859. The van der Waals surface area contributed by atoms with Crippen LogP contribution in [0.2, 0.25) is 0 Å². The number of pyridine rings is 1. The molecule has 100 valence electrons. The molecule has 0 amide bonds. The Labute approximate surface area is 118 Å². The summed E-state index contributed by atoms with van der Waals surface area (Å²) in [5.41, 5.74) is 9.24. The third-order valence-electron chi connectivity index (χ3n) is 3.62. The zero-order valence-electron chi connectivity index (χ0n) is 11.2. The molecule has 2 heterocycles. The lowest BCUT2D eigenvalue weighted by atomic mass is 10.1. The fourth-order valence-electron chi connectivity index (χ4n) is 2.68. The highest BCUT2D eigenvalue weighted by Crippen LogP contribution is 2.33. The average molecular weight is 264 g/mol. The van der Waals surface area contributed by atoms with Gasteiger partial charge in [0.25, 0.3) is 0 Å². The zero-order valence-corrected chi connectivity index (χ0v) is 11.2. The van der Waals surface area contributed by atoms with Crippen LogP contribution in [-0.2, 0) is 6.42 Å². The van der Waals surface area contributed by atoms with E-state index in [1.807, 2.05) is 6.07 Å². The number of anilines is 3. The lowest BCUT2D eigenvalue weighted by Gasteiger charge is -2.24. The molecule has 0 saturated carbocycles. The zero-order chi connectivity index (χ0) is 13.9. The molecule has 1 aromatic carbocycles. The molecule has 1 aliphatic heterocycles. The number of hydrogen-bond donors (Lipinski definition) is 1. The third-order valence-corrected chi connectivity index (χ3v) is 3.62. The second kappa shape index (κ2) is 5.22. The van der Waals surface area contributed by atoms with Crippen LogP contribution in [0.5, 0.6) is 0 Å². The average Bonchev–Trinajstić information content (AvgIpc) is 2.69. The predicted octanol–water partition coefficient (Wildman–Crippen LogP) is 3.01. The first kappa shape index (κ1) is 12.5. The summed E-state index contributed by atoms with van der Waals surface area (Å²) in [5, 5.41) is 9.32. The molecule has 3 rings (SSSR count). The highest BCUT2D eigenvalue weighted by Gasteiger charge is 2.20. The van der Waals surface area contributed by atoms with Gasteiger partial charge < -0.3 is 10.6 Å². The van der Waals surface area contributed by atoms with Crippen LogP contribution >= 0.6 is 0 Å². The predicted molar refractivity (Wildman–Crippen MR) is 79.8 cm³/mol. The summed E-state index contributed by atoms with van der Waals surface area (Å²) in [4.78, 5) is 6.53. The second-order valence-electron chi connectivity index (χ2n) is 4.99. The molecule has 4 nitrogen and oxygen atoms in total. The Kier molecular flexibility index (Phi) is 3.26. The maximum absolute atomic E-state index is 9.32. The van der Waals surface area contributed by atoms with Crippen LogP contribution in [0.3, 0.4) is 0 Å². The summed E-state index contributed by atoms with van der Waals surface area (Å²) < 4.78 is 0. The third kappa shape index (κ3) is 2.19. The lowest BCUT2D eigenvalue weighted by molar-refractivity contribution is 0.757. The van der Waals surface area contributed by atoms with Crippen molar-refractivity contribution in [1.29, 1.82) is 5.26 Å². The summed E-state index contributed by atoms with van der Waals surface area (Å²) in [5.74, 6) is 0.705. The van der Waals surface area contributed by atoms with E-state index in [0.29, 0.717) is 17.1 Å². The molecule has 1 aromatic heterocycles. The number of nitriles is 1. The van der Waals surface area contributed by atoms with Crippen molar-refractivity contribution in [3.8, 4) is 6.07 Å². The normalized spacial score (nSPS) is 14.2. The summed E-state index contributed by atoms with van der Waals surface area (Å²) >= 11 is 0. The number of benzene rings is 1. The van der Waals surface area contributed by atoms with Gasteiger partial charge in [-0.15, -0.1) is 0 Å². The van der Waals surface area contributed by atoms with Crippen molar-refractivity contribution in [3.05, 3.63) is 47.7 Å². The van der Waals surface area contributed by atoms with Crippen LogP contribution in [0, 0.1) is 11.3 Å². The van der Waals surface area contributed by atoms with Gasteiger partial charge in [0.05, 0.1) is 17.4 Å². The van der Waals surface area contributed by atoms with Crippen molar-refractivity contribution in [2.75, 3.05) is 17.2 Å². The Bertz CT molecular complexity index is 672. The van der Waals surface area contributed by atoms with Gasteiger partial charge >= 0.3 is 0 Å². The van der Waals surface area contributed by atoms with Gasteiger partial charge in [0, 0.05) is 12.2 Å². The monoisotopic (exact) mass is 264 g/mol. The molecule has 0 atom stereocenters. The van der Waals surface area contributed by atoms with Crippen molar-refractivity contribution in [1.82, 2.24) is 4.98 Å². The van der Waals surface area contributed by atoms with Gasteiger partial charge in [0.15, 0.2) is 5.82 Å². The Morgan fingerprint density at radius 1 is 1.25 bits per heavy atom. The van der Waals surface area contributed by atoms with Crippen LogP contribution in [0.4, 0.5) is 17.2 Å². The van der Waals surface area contributed by atoms with Gasteiger partial charge in [-0.1, -0.05) is 18.2 Å². The van der Waals surface area contributed by atoms with Gasteiger partial charge in [0.2, 0.25) is 0 Å². The number of nitrogens with two attached hydrogens (primary N) is 1. The number of nitrogens with zero attached hydrogens (tertiary/aromatic N) is 3. The number of nitrogen functional groups attached to an aromatic ring is 1. The largest absolute Gasteiger partial charge is 0.397 e. The first-order valence-corrected chi connectivity index (χ1v) is 6.80. The summed E-state index contributed by atoms with van der Waals surface area (Å²) in [6, 6.07) is 12.2. The maximum Gasteiger partial charge on any atom is 0.151 e. The summed E-state index contributed by atoms with van der Waals surface area (Å²) in [6.45, 7) is 0.878. The molecule has 0 saturated heterocycles. The van der Waals surface area contributed by atoms with E-state index in [4.69, 9.17) is 5.73 Å². The Morgan fingerprint density at radius 3 is 2.95 bits per heavy atom. The number of rotatable bonds is 1. The van der Waals surface area contributed by atoms with Gasteiger partial charge in [-0.2, -0.15) is 5.26 Å². The van der Waals surface area contributed by atoms with Gasteiger partial charge in [-0.3, -0.25) is 0 Å². The molecular formula is C16H16N4. The first-order chi connectivity index (χ1) is 9.79. The van der Waals surface area contributed by atoms with Crippen molar-refractivity contribution in [2.24, 2.45) is 0 Å². The van der Waals surface area contributed by atoms with E-state index in [1.54, 1.807) is 12.3 Å². The molecular weight excluding hydrogens is 248 g/mol. The molecule has 0 bridgehead atoms. The Balaban J connectivity index is 2.13. The van der Waals surface area contributed by atoms with Crippen LogP contribution in [0.1, 0.15) is 24.0 Å². The van der Waals surface area contributed by atoms with Crippen LogP contribution in [-0.4, -0.2) is 11.5 Å². The number of fused-ring (bicyclic) bond motifs is 1. The number of aryl methyl sites for hydroxylation is 1. The summed E-state index contributed by atoms with van der Waals surface area (Å²) in [6.07, 6.45) is 4.93. The molecule has 0 spiro atoms. The van der Waals surface area contributed by atoms with E-state index in [2.05, 4.69) is 34.2 Å². The van der Waals surface area contributed by atoms with E-state index < -0.39 is 0 Å². The van der Waals surface area contributed by atoms with Gasteiger partial charge in [-0.25, -0.2) is 4.98 Å². The standard InChI is InChI=1S/C16H16N4/c17-10-13-9-14(18)11-19-16(13)20-8-4-3-6-12-5-1-2-7-15(12)20/h1-2,5,7,9,11H,3-4,6,8,18H2. The SMILES string of the molecule is N#Cc1cc(N)cnc1N1CCCCc2ccccc21. The minimum atomic E-state index is 0.522. The minimum Gasteiger partial charge on any atom is -0.397 e. The highest BCUT2D eigenvalue weighted by atomic mass is 15.2. The number of hydrogen-bond acceptors (Lipinski definition) is 4. The molecule has 0 aliphatic carbocycles. The van der Waals surface area contributed by atoms with Crippen LogP contribution < -0.4 is 10.6 Å². The smallest absolute Gasteiger partial charge is 0.151 e. The van der Waals surface area contributed by atoms with Gasteiger partial charge in [0.1, 0.15) is 6.07 Å². The van der Waals surface area contributed by atoms with Crippen LogP contribution in [0.25, 0.3) is 0 Å². The number of aromatic nitrogens is 1. The van der Waals surface area contributed by atoms with Gasteiger partial charge in [-0.05, 0) is 37.0 Å². The van der Waals surface area contributed by atoms with Crippen molar-refractivity contribution >= 4 is 17.2 Å². The topological polar surface area (TPSA) is 65.9 Å². The molecule has 2 aromatic rings. The first-order valence-electron chi connectivity index (χ1n) is 6.80. The lowest BCUT2D eigenvalue weighted by Crippen LogP contribution is -2.20. The van der Waals surface area contributed by atoms with E-state index in [0.717, 1.165) is 31.5 Å². The molecule has 2 N–H and O–H groups in total. The fraction of sp³-hybridized carbons (Fsp3) is 0.250. The minimum absolute atomic E-state index is 0.522. The maximum atomic E-state index is 9.32. The molecule has 0 fully saturated rings. The second-order valence-corrected chi connectivity index (χ2v) is 4.99.